The Morgan fingerprint density at radius 1 is 1.17 bits per heavy atom. The van der Waals surface area contributed by atoms with E-state index in [9.17, 15) is 14.9 Å². The van der Waals surface area contributed by atoms with Crippen LogP contribution in [0.3, 0.4) is 0 Å². The normalized spacial score (nSPS) is 15.5. The van der Waals surface area contributed by atoms with Gasteiger partial charge in [-0.25, -0.2) is 4.99 Å². The van der Waals surface area contributed by atoms with Crippen molar-refractivity contribution < 1.29 is 14.5 Å². The smallest absolute Gasteiger partial charge is 0.269 e. The molecule has 1 heterocycles. The topological polar surface area (TPSA) is 93.8 Å². The summed E-state index contributed by atoms with van der Waals surface area (Å²) in [7, 11) is 0. The first-order valence-corrected chi connectivity index (χ1v) is 13.2. The highest BCUT2D eigenvalue weighted by atomic mass is 127. The van der Waals surface area contributed by atoms with Crippen molar-refractivity contribution >= 4 is 78.8 Å². The number of aryl methyl sites for hydroxylation is 1. The fourth-order valence-electron chi connectivity index (χ4n) is 3.27. The van der Waals surface area contributed by atoms with Gasteiger partial charge in [-0.05, 0) is 104 Å². The lowest BCUT2D eigenvalue weighted by molar-refractivity contribution is -0.384. The van der Waals surface area contributed by atoms with E-state index < -0.39 is 4.92 Å². The van der Waals surface area contributed by atoms with Gasteiger partial charge in [0.05, 0.1) is 23.6 Å². The summed E-state index contributed by atoms with van der Waals surface area (Å²) in [5, 5.41) is 14.3. The number of amides is 1. The van der Waals surface area contributed by atoms with Crippen LogP contribution in [-0.2, 0) is 17.8 Å². The van der Waals surface area contributed by atoms with Crippen molar-refractivity contribution in [3.05, 3.63) is 100 Å². The molecule has 0 saturated carbocycles. The van der Waals surface area contributed by atoms with Crippen LogP contribution >= 0.6 is 50.3 Å². The first-order valence-electron chi connectivity index (χ1n) is 10.6. The zero-order chi connectivity index (χ0) is 24.9. The Bertz CT molecular complexity index is 1340. The molecule has 0 bridgehead atoms. The molecule has 3 aromatic rings. The van der Waals surface area contributed by atoms with Gasteiger partial charge in [0.1, 0.15) is 12.4 Å². The van der Waals surface area contributed by atoms with Crippen molar-refractivity contribution in [2.75, 3.05) is 0 Å². The fraction of sp³-hybridized carbons (Fsp3) is 0.120. The Morgan fingerprint density at radius 2 is 1.94 bits per heavy atom. The Kier molecular flexibility index (Phi) is 8.24. The number of nitro groups is 1. The summed E-state index contributed by atoms with van der Waals surface area (Å²) in [6.45, 7) is 2.29. The van der Waals surface area contributed by atoms with E-state index in [2.05, 4.69) is 55.8 Å². The number of amidine groups is 1. The highest BCUT2D eigenvalue weighted by Crippen LogP contribution is 2.35. The molecule has 0 radical (unpaired) electrons. The molecule has 1 amide bonds. The second-order valence-corrected chi connectivity index (χ2v) is 10.6. The van der Waals surface area contributed by atoms with Crippen molar-refractivity contribution in [1.82, 2.24) is 5.32 Å². The lowest BCUT2D eigenvalue weighted by atomic mass is 10.2. The largest absolute Gasteiger partial charge is 0.487 e. The van der Waals surface area contributed by atoms with Gasteiger partial charge >= 0.3 is 0 Å². The van der Waals surface area contributed by atoms with E-state index in [0.29, 0.717) is 21.4 Å². The number of benzene rings is 3. The molecule has 10 heteroatoms. The summed E-state index contributed by atoms with van der Waals surface area (Å²) in [4.78, 5) is 28.1. The zero-order valence-corrected chi connectivity index (χ0v) is 23.0. The average Bonchev–Trinajstić information content (AvgIpc) is 3.17. The molecule has 35 heavy (non-hydrogen) atoms. The highest BCUT2D eigenvalue weighted by molar-refractivity contribution is 14.1. The van der Waals surface area contributed by atoms with Gasteiger partial charge < -0.3 is 10.1 Å². The first kappa shape index (κ1) is 25.4. The predicted octanol–water partition coefficient (Wildman–Crippen LogP) is 6.99. The highest BCUT2D eigenvalue weighted by Gasteiger charge is 2.24. The number of ether oxygens (including phenoxy) is 1. The summed E-state index contributed by atoms with van der Waals surface area (Å²) in [6, 6.07) is 18.1. The number of halogens is 2. The predicted molar refractivity (Wildman–Crippen MR) is 151 cm³/mol. The molecule has 1 saturated heterocycles. The summed E-state index contributed by atoms with van der Waals surface area (Å²) >= 11 is 7.00. The van der Waals surface area contributed by atoms with E-state index >= 15 is 0 Å². The first-order chi connectivity index (χ1) is 16.8. The molecule has 0 aromatic heterocycles. The number of hydrogen-bond acceptors (Lipinski definition) is 6. The quantitative estimate of drug-likeness (QED) is 0.127. The molecule has 178 valence electrons. The number of thioether (sulfide) groups is 1. The van der Waals surface area contributed by atoms with E-state index in [1.165, 1.54) is 29.5 Å². The third-order valence-corrected chi connectivity index (χ3v) is 7.35. The molecule has 0 aliphatic carbocycles. The number of nitrogens with zero attached hydrogens (tertiary/aromatic N) is 2. The van der Waals surface area contributed by atoms with Crippen LogP contribution in [0.2, 0.25) is 0 Å². The molecule has 1 N–H and O–H groups in total. The van der Waals surface area contributed by atoms with Crippen LogP contribution in [0.5, 0.6) is 5.75 Å². The molecule has 0 spiro atoms. The number of nitro benzene ring substituents is 1. The molecular formula is C25H19BrIN3O4S. The maximum Gasteiger partial charge on any atom is 0.269 e. The number of carbonyl (C=O) groups excluding carboxylic acids is 1. The Morgan fingerprint density at radius 3 is 2.63 bits per heavy atom. The van der Waals surface area contributed by atoms with Crippen LogP contribution < -0.4 is 10.1 Å². The number of carbonyl (C=O) groups is 1. The van der Waals surface area contributed by atoms with Gasteiger partial charge in [-0.2, -0.15) is 0 Å². The summed E-state index contributed by atoms with van der Waals surface area (Å²) in [5.74, 6) is 0.427. The average molecular weight is 664 g/mol. The minimum atomic E-state index is -0.430. The second-order valence-electron chi connectivity index (χ2n) is 7.53. The van der Waals surface area contributed by atoms with E-state index in [0.717, 1.165) is 25.7 Å². The molecule has 7 nitrogen and oxygen atoms in total. The van der Waals surface area contributed by atoms with Crippen LogP contribution in [-0.4, -0.2) is 16.0 Å². The third kappa shape index (κ3) is 6.50. The van der Waals surface area contributed by atoms with Crippen LogP contribution in [0.1, 0.15) is 23.6 Å². The van der Waals surface area contributed by atoms with Gasteiger partial charge in [0.25, 0.3) is 11.6 Å². The van der Waals surface area contributed by atoms with Gasteiger partial charge in [0, 0.05) is 12.1 Å². The van der Waals surface area contributed by atoms with E-state index in [-0.39, 0.29) is 18.2 Å². The molecule has 1 fully saturated rings. The van der Waals surface area contributed by atoms with Gasteiger partial charge in [-0.15, -0.1) is 0 Å². The lowest BCUT2D eigenvalue weighted by Gasteiger charge is -2.11. The van der Waals surface area contributed by atoms with Crippen molar-refractivity contribution in [3.63, 3.8) is 0 Å². The van der Waals surface area contributed by atoms with Crippen LogP contribution in [0.15, 0.2) is 75.0 Å². The Balaban J connectivity index is 1.48. The maximum absolute atomic E-state index is 12.5. The van der Waals surface area contributed by atoms with E-state index in [1.54, 1.807) is 18.2 Å². The van der Waals surface area contributed by atoms with Crippen molar-refractivity contribution in [3.8, 4) is 5.75 Å². The lowest BCUT2D eigenvalue weighted by Crippen LogP contribution is -2.19. The van der Waals surface area contributed by atoms with Gasteiger partial charge in [-0.1, -0.05) is 31.2 Å². The van der Waals surface area contributed by atoms with Gasteiger partial charge in [-0.3, -0.25) is 14.9 Å². The van der Waals surface area contributed by atoms with Crippen LogP contribution in [0, 0.1) is 13.7 Å². The minimum absolute atomic E-state index is 0.0232. The van der Waals surface area contributed by atoms with Crippen LogP contribution in [0.25, 0.3) is 6.08 Å². The molecule has 0 unspecified atom stereocenters. The number of nitrogens with one attached hydrogen (secondary N) is 1. The minimum Gasteiger partial charge on any atom is -0.487 e. The van der Waals surface area contributed by atoms with Crippen molar-refractivity contribution in [1.29, 1.82) is 0 Å². The Hall–Kier alpha value is -2.70. The summed E-state index contributed by atoms with van der Waals surface area (Å²) < 4.78 is 7.49. The standard InChI is InChI=1S/C25H19BrIN3O4S/c1-2-15-6-8-18(9-7-15)28-25-29-24(31)22(35-25)13-17-11-20(26)23(21(27)12-17)34-14-16-4-3-5-19(10-16)30(32)33/h3-13H,2,14H2,1H3,(H,28,29,31)/b22-13-. The molecule has 1 aliphatic heterocycles. The van der Waals surface area contributed by atoms with Crippen LogP contribution in [0.4, 0.5) is 11.4 Å². The van der Waals surface area contributed by atoms with E-state index in [4.69, 9.17) is 4.74 Å². The van der Waals surface area contributed by atoms with Gasteiger partial charge in [0.15, 0.2) is 5.17 Å². The fourth-order valence-corrected chi connectivity index (χ4v) is 5.88. The summed E-state index contributed by atoms with van der Waals surface area (Å²) in [5.41, 5.74) is 3.57. The monoisotopic (exact) mass is 663 g/mol. The number of aliphatic imine (C=N–C) groups is 1. The Labute approximate surface area is 228 Å². The summed E-state index contributed by atoms with van der Waals surface area (Å²) in [6.07, 6.45) is 2.77. The zero-order valence-electron chi connectivity index (χ0n) is 18.5. The SMILES string of the molecule is CCc1ccc(N=C2NC(=O)/C(=C/c3cc(Br)c(OCc4cccc([N+](=O)[O-])c4)c(I)c3)S2)cc1. The van der Waals surface area contributed by atoms with Crippen molar-refractivity contribution in [2.45, 2.75) is 20.0 Å². The molecule has 0 atom stereocenters. The van der Waals surface area contributed by atoms with Crippen molar-refractivity contribution in [2.24, 2.45) is 4.99 Å². The third-order valence-electron chi connectivity index (χ3n) is 5.05. The molecule has 3 aromatic carbocycles. The molecule has 1 aliphatic rings. The maximum atomic E-state index is 12.5. The number of non-ortho nitro benzene ring substituents is 1. The van der Waals surface area contributed by atoms with E-state index in [1.807, 2.05) is 36.4 Å². The second kappa shape index (κ2) is 11.4. The number of hydrogen-bond donors (Lipinski definition) is 1. The van der Waals surface area contributed by atoms with Gasteiger partial charge in [0.2, 0.25) is 0 Å². The number of rotatable bonds is 7. The molecular weight excluding hydrogens is 645 g/mol. The molecule has 4 rings (SSSR count).